The van der Waals surface area contributed by atoms with Crippen molar-refractivity contribution < 1.29 is 4.74 Å². The number of benzene rings is 1. The summed E-state index contributed by atoms with van der Waals surface area (Å²) in [5, 5.41) is 3.53. The van der Waals surface area contributed by atoms with Gasteiger partial charge in [-0.2, -0.15) is 0 Å². The summed E-state index contributed by atoms with van der Waals surface area (Å²) in [5.74, 6) is 0.761. The van der Waals surface area contributed by atoms with Gasteiger partial charge in [-0.05, 0) is 44.7 Å². The first-order valence-corrected chi connectivity index (χ1v) is 7.87. The lowest BCUT2D eigenvalue weighted by Crippen LogP contribution is -2.54. The topological polar surface area (TPSA) is 21.3 Å². The SMILES string of the molecule is CNC(Cc1cccc(C)c1)C1(OC)CCCC(C)C1. The second-order valence-electron chi connectivity index (χ2n) is 6.50. The van der Waals surface area contributed by atoms with Crippen LogP contribution in [-0.4, -0.2) is 25.8 Å². The third kappa shape index (κ3) is 3.42. The van der Waals surface area contributed by atoms with Crippen LogP contribution in [-0.2, 0) is 11.2 Å². The lowest BCUT2D eigenvalue weighted by molar-refractivity contribution is -0.0775. The highest BCUT2D eigenvalue weighted by Crippen LogP contribution is 2.38. The summed E-state index contributed by atoms with van der Waals surface area (Å²) in [6.07, 6.45) is 6.00. The third-order valence-corrected chi connectivity index (χ3v) is 4.90. The number of rotatable bonds is 5. The molecule has 20 heavy (non-hydrogen) atoms. The van der Waals surface area contributed by atoms with E-state index in [-0.39, 0.29) is 5.60 Å². The summed E-state index contributed by atoms with van der Waals surface area (Å²) in [7, 11) is 3.96. The lowest BCUT2D eigenvalue weighted by atomic mass is 9.73. The summed E-state index contributed by atoms with van der Waals surface area (Å²) in [5.41, 5.74) is 2.73. The van der Waals surface area contributed by atoms with Crippen molar-refractivity contribution in [3.8, 4) is 0 Å². The Balaban J connectivity index is 2.17. The number of ether oxygens (including phenoxy) is 1. The molecule has 1 aromatic carbocycles. The van der Waals surface area contributed by atoms with Crippen LogP contribution in [0.2, 0.25) is 0 Å². The maximum atomic E-state index is 6.04. The van der Waals surface area contributed by atoms with Gasteiger partial charge in [0.2, 0.25) is 0 Å². The highest BCUT2D eigenvalue weighted by atomic mass is 16.5. The first-order chi connectivity index (χ1) is 9.59. The molecule has 112 valence electrons. The van der Waals surface area contributed by atoms with Crippen LogP contribution in [0.1, 0.15) is 43.7 Å². The van der Waals surface area contributed by atoms with Crippen LogP contribution in [0.25, 0.3) is 0 Å². The Kier molecular flexibility index (Phi) is 5.22. The van der Waals surface area contributed by atoms with E-state index < -0.39 is 0 Å². The Morgan fingerprint density at radius 1 is 1.45 bits per heavy atom. The molecular weight excluding hydrogens is 246 g/mol. The Morgan fingerprint density at radius 3 is 2.85 bits per heavy atom. The number of aryl methyl sites for hydroxylation is 1. The van der Waals surface area contributed by atoms with Crippen molar-refractivity contribution in [3.63, 3.8) is 0 Å². The van der Waals surface area contributed by atoms with Gasteiger partial charge >= 0.3 is 0 Å². The van der Waals surface area contributed by atoms with E-state index in [2.05, 4.69) is 50.5 Å². The Hall–Kier alpha value is -0.860. The summed E-state index contributed by atoms with van der Waals surface area (Å²) in [4.78, 5) is 0. The van der Waals surface area contributed by atoms with Crippen molar-refractivity contribution in [2.75, 3.05) is 14.2 Å². The molecule has 0 bridgehead atoms. The van der Waals surface area contributed by atoms with Gasteiger partial charge in [0.1, 0.15) is 0 Å². The van der Waals surface area contributed by atoms with E-state index in [1.165, 1.54) is 36.8 Å². The van der Waals surface area contributed by atoms with Gasteiger partial charge in [0.05, 0.1) is 5.60 Å². The average Bonchev–Trinajstić information content (AvgIpc) is 2.44. The van der Waals surface area contributed by atoms with Crippen molar-refractivity contribution in [1.29, 1.82) is 0 Å². The third-order valence-electron chi connectivity index (χ3n) is 4.90. The van der Waals surface area contributed by atoms with Crippen LogP contribution in [0.3, 0.4) is 0 Å². The normalized spacial score (nSPS) is 28.3. The number of likely N-dealkylation sites (N-methyl/N-ethyl adjacent to an activating group) is 1. The zero-order chi connectivity index (χ0) is 14.6. The molecule has 1 fully saturated rings. The fourth-order valence-electron chi connectivity index (χ4n) is 3.81. The van der Waals surface area contributed by atoms with E-state index in [4.69, 9.17) is 4.74 Å². The van der Waals surface area contributed by atoms with E-state index in [0.717, 1.165) is 12.3 Å². The Labute approximate surface area is 123 Å². The predicted molar refractivity (Wildman–Crippen MR) is 85.1 cm³/mol. The molecule has 2 rings (SSSR count). The van der Waals surface area contributed by atoms with Crippen molar-refractivity contribution in [1.82, 2.24) is 5.32 Å². The Bertz CT molecular complexity index is 431. The van der Waals surface area contributed by atoms with Gasteiger partial charge in [-0.1, -0.05) is 49.6 Å². The van der Waals surface area contributed by atoms with Gasteiger partial charge in [-0.15, -0.1) is 0 Å². The first kappa shape index (κ1) is 15.5. The number of hydrogen-bond donors (Lipinski definition) is 1. The molecule has 0 heterocycles. The molecule has 3 unspecified atom stereocenters. The van der Waals surface area contributed by atoms with Gasteiger partial charge in [0.15, 0.2) is 0 Å². The summed E-state index contributed by atoms with van der Waals surface area (Å²) in [6, 6.07) is 9.22. The van der Waals surface area contributed by atoms with Crippen LogP contribution in [0.5, 0.6) is 0 Å². The molecule has 1 aliphatic carbocycles. The van der Waals surface area contributed by atoms with Gasteiger partial charge in [0.25, 0.3) is 0 Å². The molecule has 0 radical (unpaired) electrons. The summed E-state index contributed by atoms with van der Waals surface area (Å²) < 4.78 is 6.04. The molecule has 2 nitrogen and oxygen atoms in total. The molecule has 0 aromatic heterocycles. The minimum atomic E-state index is -0.00381. The maximum Gasteiger partial charge on any atom is 0.0836 e. The zero-order valence-corrected chi connectivity index (χ0v) is 13.4. The van der Waals surface area contributed by atoms with Gasteiger partial charge in [-0.25, -0.2) is 0 Å². The Morgan fingerprint density at radius 2 is 2.25 bits per heavy atom. The predicted octanol–water partition coefficient (Wildman–Crippen LogP) is 3.72. The van der Waals surface area contributed by atoms with E-state index in [1.54, 1.807) is 0 Å². The van der Waals surface area contributed by atoms with Crippen molar-refractivity contribution in [3.05, 3.63) is 35.4 Å². The van der Waals surface area contributed by atoms with Crippen LogP contribution < -0.4 is 5.32 Å². The van der Waals surface area contributed by atoms with Crippen LogP contribution in [0.15, 0.2) is 24.3 Å². The fourth-order valence-corrected chi connectivity index (χ4v) is 3.81. The second kappa shape index (κ2) is 6.73. The van der Waals surface area contributed by atoms with Gasteiger partial charge < -0.3 is 10.1 Å². The molecule has 1 saturated carbocycles. The smallest absolute Gasteiger partial charge is 0.0836 e. The second-order valence-corrected chi connectivity index (χ2v) is 6.50. The average molecular weight is 275 g/mol. The summed E-state index contributed by atoms with van der Waals surface area (Å²) in [6.45, 7) is 4.51. The fraction of sp³-hybridized carbons (Fsp3) is 0.667. The van der Waals surface area contributed by atoms with E-state index in [9.17, 15) is 0 Å². The lowest BCUT2D eigenvalue weighted by Gasteiger charge is -2.44. The van der Waals surface area contributed by atoms with Crippen molar-refractivity contribution >= 4 is 0 Å². The van der Waals surface area contributed by atoms with E-state index in [1.807, 2.05) is 7.11 Å². The molecule has 1 N–H and O–H groups in total. The maximum absolute atomic E-state index is 6.04. The highest BCUT2D eigenvalue weighted by Gasteiger charge is 2.41. The van der Waals surface area contributed by atoms with Crippen molar-refractivity contribution in [2.45, 2.75) is 57.6 Å². The quantitative estimate of drug-likeness (QED) is 0.884. The van der Waals surface area contributed by atoms with Gasteiger partial charge in [0, 0.05) is 13.2 Å². The molecule has 0 spiro atoms. The van der Waals surface area contributed by atoms with Crippen LogP contribution >= 0.6 is 0 Å². The molecule has 1 aromatic rings. The zero-order valence-electron chi connectivity index (χ0n) is 13.4. The largest absolute Gasteiger partial charge is 0.377 e. The number of methoxy groups -OCH3 is 1. The van der Waals surface area contributed by atoms with Crippen LogP contribution in [0, 0.1) is 12.8 Å². The highest BCUT2D eigenvalue weighted by molar-refractivity contribution is 5.23. The van der Waals surface area contributed by atoms with Gasteiger partial charge in [-0.3, -0.25) is 0 Å². The summed E-state index contributed by atoms with van der Waals surface area (Å²) >= 11 is 0. The monoisotopic (exact) mass is 275 g/mol. The molecule has 0 amide bonds. The molecule has 3 atom stereocenters. The minimum Gasteiger partial charge on any atom is -0.377 e. The molecule has 0 aliphatic heterocycles. The molecule has 2 heteroatoms. The van der Waals surface area contributed by atoms with E-state index in [0.29, 0.717) is 6.04 Å². The number of hydrogen-bond acceptors (Lipinski definition) is 2. The van der Waals surface area contributed by atoms with E-state index >= 15 is 0 Å². The van der Waals surface area contributed by atoms with Crippen LogP contribution in [0.4, 0.5) is 0 Å². The molecule has 0 saturated heterocycles. The van der Waals surface area contributed by atoms with Crippen molar-refractivity contribution in [2.24, 2.45) is 5.92 Å². The number of nitrogens with one attached hydrogen (secondary N) is 1. The molecule has 1 aliphatic rings. The first-order valence-electron chi connectivity index (χ1n) is 7.87. The standard InChI is InChI=1S/C18H29NO/c1-14-7-5-9-16(11-14)12-17(19-3)18(20-4)10-6-8-15(2)13-18/h5,7,9,11,15,17,19H,6,8,10,12-13H2,1-4H3. The minimum absolute atomic E-state index is 0.00381. The molecular formula is C18H29NO.